The first-order chi connectivity index (χ1) is 14.0. The molecule has 0 saturated heterocycles. The standard InChI is InChI=1S/C18H17FN8O2/c1-10(16-22-9-23-27(16)17-20-5-2-6-21-17)24-18(29)26-14-8-13-11(7-12(14)19)3-4-15(28)25-13/h2,5-10H,3-4H2,1H3,(H,25,28)(H2,24,26,29)/t10-/m0/s1. The summed E-state index contributed by atoms with van der Waals surface area (Å²) in [6.07, 6.45) is 5.22. The molecule has 0 saturated carbocycles. The summed E-state index contributed by atoms with van der Waals surface area (Å²) in [5.41, 5.74) is 1.15. The van der Waals surface area contributed by atoms with E-state index >= 15 is 0 Å². The number of aromatic nitrogens is 5. The van der Waals surface area contributed by atoms with Crippen LogP contribution in [-0.2, 0) is 11.2 Å². The van der Waals surface area contributed by atoms with Crippen molar-refractivity contribution < 1.29 is 14.0 Å². The van der Waals surface area contributed by atoms with Crippen LogP contribution in [0.15, 0.2) is 36.9 Å². The Kier molecular flexibility index (Phi) is 4.85. The number of carbonyl (C=O) groups excluding carboxylic acids is 2. The van der Waals surface area contributed by atoms with Gasteiger partial charge in [0.25, 0.3) is 5.95 Å². The van der Waals surface area contributed by atoms with Gasteiger partial charge in [-0.25, -0.2) is 24.1 Å². The molecule has 3 heterocycles. The van der Waals surface area contributed by atoms with E-state index in [0.717, 1.165) is 0 Å². The van der Waals surface area contributed by atoms with E-state index in [1.54, 1.807) is 25.4 Å². The van der Waals surface area contributed by atoms with Crippen LogP contribution in [0.4, 0.5) is 20.6 Å². The third-order valence-corrected chi connectivity index (χ3v) is 4.39. The molecule has 0 aliphatic carbocycles. The smallest absolute Gasteiger partial charge is 0.319 e. The molecule has 2 aromatic heterocycles. The van der Waals surface area contributed by atoms with E-state index in [9.17, 15) is 14.0 Å². The first-order valence-electron chi connectivity index (χ1n) is 8.88. The van der Waals surface area contributed by atoms with E-state index in [1.807, 2.05) is 0 Å². The maximum atomic E-state index is 14.3. The second-order valence-corrected chi connectivity index (χ2v) is 6.44. The lowest BCUT2D eigenvalue weighted by atomic mass is 10.0. The average molecular weight is 396 g/mol. The van der Waals surface area contributed by atoms with Crippen LogP contribution in [0.3, 0.4) is 0 Å². The number of nitrogens with one attached hydrogen (secondary N) is 3. The Morgan fingerprint density at radius 2 is 2.03 bits per heavy atom. The number of rotatable bonds is 4. The number of amides is 3. The monoisotopic (exact) mass is 396 g/mol. The number of halogens is 1. The van der Waals surface area contributed by atoms with Gasteiger partial charge >= 0.3 is 6.03 Å². The maximum absolute atomic E-state index is 14.3. The van der Waals surface area contributed by atoms with Gasteiger partial charge < -0.3 is 16.0 Å². The number of hydrogen-bond acceptors (Lipinski definition) is 6. The molecule has 3 amide bonds. The number of nitrogens with zero attached hydrogens (tertiary/aromatic N) is 5. The molecule has 11 heteroatoms. The van der Waals surface area contributed by atoms with Gasteiger partial charge in [0, 0.05) is 24.5 Å². The van der Waals surface area contributed by atoms with E-state index in [-0.39, 0.29) is 11.6 Å². The van der Waals surface area contributed by atoms with Crippen molar-refractivity contribution in [2.45, 2.75) is 25.8 Å². The lowest BCUT2D eigenvalue weighted by Gasteiger charge is -2.19. The molecule has 1 atom stereocenters. The number of carbonyl (C=O) groups is 2. The van der Waals surface area contributed by atoms with Crippen LogP contribution in [-0.4, -0.2) is 36.7 Å². The summed E-state index contributed by atoms with van der Waals surface area (Å²) in [6, 6.07) is 3.19. The van der Waals surface area contributed by atoms with Gasteiger partial charge in [-0.2, -0.15) is 9.78 Å². The zero-order chi connectivity index (χ0) is 20.4. The van der Waals surface area contributed by atoms with Crippen molar-refractivity contribution in [2.24, 2.45) is 0 Å². The predicted molar refractivity (Wildman–Crippen MR) is 101 cm³/mol. The maximum Gasteiger partial charge on any atom is 0.319 e. The number of urea groups is 1. The van der Waals surface area contributed by atoms with Gasteiger partial charge in [-0.1, -0.05) is 0 Å². The van der Waals surface area contributed by atoms with Crippen molar-refractivity contribution in [1.82, 2.24) is 30.0 Å². The molecule has 29 heavy (non-hydrogen) atoms. The molecule has 4 rings (SSSR count). The largest absolute Gasteiger partial charge is 0.328 e. The first-order valence-corrected chi connectivity index (χ1v) is 8.88. The summed E-state index contributed by atoms with van der Waals surface area (Å²) in [5, 5.41) is 11.9. The lowest BCUT2D eigenvalue weighted by molar-refractivity contribution is -0.116. The number of aryl methyl sites for hydroxylation is 1. The van der Waals surface area contributed by atoms with Gasteiger partial charge in [0.2, 0.25) is 5.91 Å². The molecule has 1 aliphatic heterocycles. The highest BCUT2D eigenvalue weighted by atomic mass is 19.1. The Bertz CT molecular complexity index is 1070. The number of benzene rings is 1. The van der Waals surface area contributed by atoms with Gasteiger partial charge in [-0.15, -0.1) is 0 Å². The highest BCUT2D eigenvalue weighted by Crippen LogP contribution is 2.28. The third-order valence-electron chi connectivity index (χ3n) is 4.39. The number of hydrogen-bond donors (Lipinski definition) is 3. The van der Waals surface area contributed by atoms with E-state index < -0.39 is 17.9 Å². The van der Waals surface area contributed by atoms with Gasteiger partial charge in [0.15, 0.2) is 5.82 Å². The second-order valence-electron chi connectivity index (χ2n) is 6.44. The van der Waals surface area contributed by atoms with E-state index in [2.05, 4.69) is 36.0 Å². The zero-order valence-corrected chi connectivity index (χ0v) is 15.4. The minimum atomic E-state index is -0.637. The molecule has 10 nitrogen and oxygen atoms in total. The van der Waals surface area contributed by atoms with Crippen LogP contribution in [0.25, 0.3) is 5.95 Å². The summed E-state index contributed by atoms with van der Waals surface area (Å²) in [7, 11) is 0. The van der Waals surface area contributed by atoms with Crippen molar-refractivity contribution in [3.8, 4) is 5.95 Å². The fourth-order valence-corrected chi connectivity index (χ4v) is 3.01. The number of fused-ring (bicyclic) bond motifs is 1. The number of anilines is 2. The fourth-order valence-electron chi connectivity index (χ4n) is 3.01. The van der Waals surface area contributed by atoms with Crippen LogP contribution in [0.1, 0.15) is 30.8 Å². The van der Waals surface area contributed by atoms with Crippen LogP contribution in [0.5, 0.6) is 0 Å². The summed E-state index contributed by atoms with van der Waals surface area (Å²) < 4.78 is 15.7. The minimum Gasteiger partial charge on any atom is -0.328 e. The van der Waals surface area contributed by atoms with Crippen LogP contribution >= 0.6 is 0 Å². The normalized spacial score (nSPS) is 13.9. The quantitative estimate of drug-likeness (QED) is 0.619. The lowest BCUT2D eigenvalue weighted by Crippen LogP contribution is -2.33. The molecule has 0 fully saturated rings. The molecular weight excluding hydrogens is 379 g/mol. The highest BCUT2D eigenvalue weighted by molar-refractivity contribution is 5.96. The molecule has 1 aliphatic rings. The predicted octanol–water partition coefficient (Wildman–Crippen LogP) is 1.96. The molecule has 1 aromatic carbocycles. The Balaban J connectivity index is 1.48. The molecule has 148 valence electrons. The Labute approximate surface area is 164 Å². The van der Waals surface area contributed by atoms with Crippen molar-refractivity contribution >= 4 is 23.3 Å². The fraction of sp³-hybridized carbons (Fsp3) is 0.222. The summed E-state index contributed by atoms with van der Waals surface area (Å²) in [6.45, 7) is 1.70. The van der Waals surface area contributed by atoms with Gasteiger partial charge in [0.1, 0.15) is 12.1 Å². The van der Waals surface area contributed by atoms with E-state index in [4.69, 9.17) is 0 Å². The van der Waals surface area contributed by atoms with Crippen molar-refractivity contribution in [2.75, 3.05) is 10.6 Å². The molecule has 3 aromatic rings. The molecule has 0 unspecified atom stereocenters. The Morgan fingerprint density at radius 1 is 1.24 bits per heavy atom. The Hall–Kier alpha value is -3.89. The van der Waals surface area contributed by atoms with Gasteiger partial charge in [-0.05, 0) is 37.1 Å². The van der Waals surface area contributed by atoms with Gasteiger partial charge in [-0.3, -0.25) is 4.79 Å². The van der Waals surface area contributed by atoms with E-state index in [0.29, 0.717) is 35.9 Å². The first kappa shape index (κ1) is 18.5. The van der Waals surface area contributed by atoms with Crippen molar-refractivity contribution in [1.29, 1.82) is 0 Å². The average Bonchev–Trinajstić information content (AvgIpc) is 3.19. The minimum absolute atomic E-state index is 0.0384. The van der Waals surface area contributed by atoms with Crippen LogP contribution < -0.4 is 16.0 Å². The molecule has 3 N–H and O–H groups in total. The van der Waals surface area contributed by atoms with Crippen molar-refractivity contribution in [3.05, 3.63) is 54.1 Å². The Morgan fingerprint density at radius 3 is 2.83 bits per heavy atom. The molecule has 0 radical (unpaired) electrons. The van der Waals surface area contributed by atoms with Crippen LogP contribution in [0.2, 0.25) is 0 Å². The van der Waals surface area contributed by atoms with Gasteiger partial charge in [0.05, 0.1) is 11.7 Å². The summed E-state index contributed by atoms with van der Waals surface area (Å²) in [5.74, 6) is -0.00536. The van der Waals surface area contributed by atoms with Crippen LogP contribution in [0, 0.1) is 5.82 Å². The van der Waals surface area contributed by atoms with E-state index in [1.165, 1.54) is 23.1 Å². The highest BCUT2D eigenvalue weighted by Gasteiger charge is 2.21. The molecular formula is C18H17FN8O2. The second kappa shape index (κ2) is 7.62. The topological polar surface area (TPSA) is 127 Å². The summed E-state index contributed by atoms with van der Waals surface area (Å²) >= 11 is 0. The molecule has 0 spiro atoms. The molecule has 0 bridgehead atoms. The summed E-state index contributed by atoms with van der Waals surface area (Å²) in [4.78, 5) is 36.3. The van der Waals surface area contributed by atoms with Crippen molar-refractivity contribution in [3.63, 3.8) is 0 Å². The third kappa shape index (κ3) is 3.88. The SMILES string of the molecule is C[C@H](NC(=O)Nc1cc2c(cc1F)CCC(=O)N2)c1ncnn1-c1ncccn1. The zero-order valence-electron chi connectivity index (χ0n) is 15.4.